The molecule has 0 aliphatic carbocycles. The van der Waals surface area contributed by atoms with Gasteiger partial charge in [-0.2, -0.15) is 0 Å². The summed E-state index contributed by atoms with van der Waals surface area (Å²) in [7, 11) is 1.60. The second kappa shape index (κ2) is 9.78. The van der Waals surface area contributed by atoms with Crippen molar-refractivity contribution in [3.05, 3.63) is 54.1 Å². The average Bonchev–Trinajstić information content (AvgIpc) is 3.02. The summed E-state index contributed by atoms with van der Waals surface area (Å²) in [5.41, 5.74) is 2.21. The summed E-state index contributed by atoms with van der Waals surface area (Å²) in [5.74, 6) is 0.687. The number of methoxy groups -OCH3 is 1. The fourth-order valence-electron chi connectivity index (χ4n) is 3.25. The Morgan fingerprint density at radius 3 is 2.11 bits per heavy atom. The molecule has 6 nitrogen and oxygen atoms in total. The Morgan fingerprint density at radius 2 is 1.50 bits per heavy atom. The zero-order chi connectivity index (χ0) is 19.8. The molecule has 3 rings (SSSR count). The van der Waals surface area contributed by atoms with Crippen LogP contribution in [0, 0.1) is 0 Å². The van der Waals surface area contributed by atoms with E-state index in [4.69, 9.17) is 4.74 Å². The molecule has 0 atom stereocenters. The number of anilines is 2. The zero-order valence-electron chi connectivity index (χ0n) is 16.2. The van der Waals surface area contributed by atoms with Gasteiger partial charge in [0.1, 0.15) is 5.75 Å². The van der Waals surface area contributed by atoms with E-state index in [9.17, 15) is 9.59 Å². The molecule has 1 saturated heterocycles. The molecule has 0 bridgehead atoms. The lowest BCUT2D eigenvalue weighted by Crippen LogP contribution is -2.31. The summed E-state index contributed by atoms with van der Waals surface area (Å²) < 4.78 is 5.10. The summed E-state index contributed by atoms with van der Waals surface area (Å²) in [6.45, 7) is 1.82. The lowest BCUT2D eigenvalue weighted by atomic mass is 10.1. The molecular weight excluding hydrogens is 354 g/mol. The van der Waals surface area contributed by atoms with Crippen LogP contribution in [0.5, 0.6) is 5.75 Å². The van der Waals surface area contributed by atoms with E-state index in [-0.39, 0.29) is 18.4 Å². The normalized spacial score (nSPS) is 14.1. The van der Waals surface area contributed by atoms with Gasteiger partial charge in [0.2, 0.25) is 5.91 Å². The molecule has 1 fully saturated rings. The number of carbonyl (C=O) groups is 2. The molecule has 148 valence electrons. The van der Waals surface area contributed by atoms with Gasteiger partial charge in [0.25, 0.3) is 5.91 Å². The molecule has 1 aliphatic heterocycles. The number of benzene rings is 2. The van der Waals surface area contributed by atoms with Crippen LogP contribution in [0.3, 0.4) is 0 Å². The highest BCUT2D eigenvalue weighted by Gasteiger charge is 2.17. The number of nitrogens with one attached hydrogen (secondary N) is 2. The highest BCUT2D eigenvalue weighted by molar-refractivity contribution is 5.95. The van der Waals surface area contributed by atoms with Gasteiger partial charge in [-0.15, -0.1) is 0 Å². The van der Waals surface area contributed by atoms with E-state index in [0.29, 0.717) is 11.3 Å². The Labute approximate surface area is 165 Å². The number of nitrogens with zero attached hydrogens (tertiary/aromatic N) is 1. The molecule has 6 heteroatoms. The summed E-state index contributed by atoms with van der Waals surface area (Å²) in [6.07, 6.45) is 4.56. The molecule has 2 aromatic rings. The van der Waals surface area contributed by atoms with Crippen molar-refractivity contribution in [3.8, 4) is 5.75 Å². The van der Waals surface area contributed by atoms with Crippen LogP contribution in [-0.4, -0.2) is 43.5 Å². The van der Waals surface area contributed by atoms with E-state index in [2.05, 4.69) is 10.6 Å². The van der Waals surface area contributed by atoms with E-state index >= 15 is 0 Å². The van der Waals surface area contributed by atoms with Crippen molar-refractivity contribution in [1.29, 1.82) is 0 Å². The number of rotatable bonds is 6. The molecule has 2 aromatic carbocycles. The van der Waals surface area contributed by atoms with Gasteiger partial charge >= 0.3 is 0 Å². The predicted octanol–water partition coefficient (Wildman–Crippen LogP) is 3.76. The van der Waals surface area contributed by atoms with E-state index in [1.165, 1.54) is 12.8 Å². The molecule has 2 amide bonds. The van der Waals surface area contributed by atoms with E-state index in [1.54, 1.807) is 31.4 Å². The second-order valence-corrected chi connectivity index (χ2v) is 6.91. The van der Waals surface area contributed by atoms with Crippen molar-refractivity contribution in [3.63, 3.8) is 0 Å². The number of hydrogen-bond donors (Lipinski definition) is 2. The summed E-state index contributed by atoms with van der Waals surface area (Å²) in [4.78, 5) is 26.6. The number of hydrogen-bond acceptors (Lipinski definition) is 4. The molecule has 0 unspecified atom stereocenters. The molecule has 0 spiro atoms. The molecule has 1 heterocycles. The van der Waals surface area contributed by atoms with Gasteiger partial charge in [-0.25, -0.2) is 0 Å². The third kappa shape index (κ3) is 5.49. The first kappa shape index (κ1) is 19.7. The highest BCUT2D eigenvalue weighted by Crippen LogP contribution is 2.17. The monoisotopic (exact) mass is 381 g/mol. The molecule has 0 saturated carbocycles. The van der Waals surface area contributed by atoms with Crippen molar-refractivity contribution in [1.82, 2.24) is 4.90 Å². The van der Waals surface area contributed by atoms with Crippen molar-refractivity contribution >= 4 is 23.2 Å². The van der Waals surface area contributed by atoms with E-state index in [1.807, 2.05) is 29.2 Å². The third-order valence-electron chi connectivity index (χ3n) is 4.85. The van der Waals surface area contributed by atoms with Gasteiger partial charge < -0.3 is 20.3 Å². The largest absolute Gasteiger partial charge is 0.497 e. The van der Waals surface area contributed by atoms with Gasteiger partial charge in [0.05, 0.1) is 13.7 Å². The Kier molecular flexibility index (Phi) is 6.89. The van der Waals surface area contributed by atoms with Crippen LogP contribution in [-0.2, 0) is 4.79 Å². The van der Waals surface area contributed by atoms with Crippen molar-refractivity contribution in [2.24, 2.45) is 0 Å². The van der Waals surface area contributed by atoms with Gasteiger partial charge in [0, 0.05) is 30.0 Å². The SMILES string of the molecule is COc1ccc(NC(=O)CNc2ccc(C(=O)N3CCCCCC3)cc2)cc1. The first-order chi connectivity index (χ1) is 13.7. The number of likely N-dealkylation sites (tertiary alicyclic amines) is 1. The number of carbonyl (C=O) groups excluding carboxylic acids is 2. The Bertz CT molecular complexity index is 780. The van der Waals surface area contributed by atoms with Crippen LogP contribution in [0.1, 0.15) is 36.0 Å². The van der Waals surface area contributed by atoms with Crippen LogP contribution in [0.25, 0.3) is 0 Å². The second-order valence-electron chi connectivity index (χ2n) is 6.91. The van der Waals surface area contributed by atoms with Crippen molar-refractivity contribution in [2.75, 3.05) is 37.4 Å². The maximum atomic E-state index is 12.6. The Balaban J connectivity index is 1.49. The molecule has 0 aromatic heterocycles. The standard InChI is InChI=1S/C22H27N3O3/c1-28-20-12-10-19(11-13-20)24-21(26)16-23-18-8-6-17(7-9-18)22(27)25-14-4-2-3-5-15-25/h6-13,23H,2-5,14-16H2,1H3,(H,24,26). The minimum absolute atomic E-state index is 0.0886. The molecule has 0 radical (unpaired) electrons. The topological polar surface area (TPSA) is 70.7 Å². The first-order valence-electron chi connectivity index (χ1n) is 9.73. The molecular formula is C22H27N3O3. The smallest absolute Gasteiger partial charge is 0.253 e. The van der Waals surface area contributed by atoms with Gasteiger partial charge in [0.15, 0.2) is 0 Å². The minimum atomic E-state index is -0.144. The van der Waals surface area contributed by atoms with Gasteiger partial charge in [-0.05, 0) is 61.4 Å². The maximum absolute atomic E-state index is 12.6. The Hall–Kier alpha value is -3.02. The maximum Gasteiger partial charge on any atom is 0.253 e. The van der Waals surface area contributed by atoms with Gasteiger partial charge in [-0.1, -0.05) is 12.8 Å². The quantitative estimate of drug-likeness (QED) is 0.799. The predicted molar refractivity (Wildman–Crippen MR) is 111 cm³/mol. The van der Waals surface area contributed by atoms with Crippen LogP contribution in [0.15, 0.2) is 48.5 Å². The molecule has 1 aliphatic rings. The molecule has 2 N–H and O–H groups in total. The lowest BCUT2D eigenvalue weighted by molar-refractivity contribution is -0.114. The lowest BCUT2D eigenvalue weighted by Gasteiger charge is -2.20. The van der Waals surface area contributed by atoms with Crippen LogP contribution >= 0.6 is 0 Å². The van der Waals surface area contributed by atoms with Crippen LogP contribution in [0.4, 0.5) is 11.4 Å². The fraction of sp³-hybridized carbons (Fsp3) is 0.364. The number of amides is 2. The highest BCUT2D eigenvalue weighted by atomic mass is 16.5. The van der Waals surface area contributed by atoms with E-state index in [0.717, 1.165) is 37.4 Å². The average molecular weight is 381 g/mol. The first-order valence-corrected chi connectivity index (χ1v) is 9.73. The van der Waals surface area contributed by atoms with Crippen molar-refractivity contribution < 1.29 is 14.3 Å². The van der Waals surface area contributed by atoms with Crippen LogP contribution in [0.2, 0.25) is 0 Å². The van der Waals surface area contributed by atoms with Crippen molar-refractivity contribution in [2.45, 2.75) is 25.7 Å². The molecule has 28 heavy (non-hydrogen) atoms. The summed E-state index contributed by atoms with van der Waals surface area (Å²) in [6, 6.07) is 14.5. The van der Waals surface area contributed by atoms with E-state index < -0.39 is 0 Å². The van der Waals surface area contributed by atoms with Crippen LogP contribution < -0.4 is 15.4 Å². The van der Waals surface area contributed by atoms with Gasteiger partial charge in [-0.3, -0.25) is 9.59 Å². The minimum Gasteiger partial charge on any atom is -0.497 e. The zero-order valence-corrected chi connectivity index (χ0v) is 16.2. The summed E-state index contributed by atoms with van der Waals surface area (Å²) >= 11 is 0. The number of ether oxygens (including phenoxy) is 1. The Morgan fingerprint density at radius 1 is 0.893 bits per heavy atom. The summed E-state index contributed by atoms with van der Waals surface area (Å²) in [5, 5.41) is 5.91. The fourth-order valence-corrected chi connectivity index (χ4v) is 3.25. The third-order valence-corrected chi connectivity index (χ3v) is 4.85.